The van der Waals surface area contributed by atoms with Crippen LogP contribution in [0.2, 0.25) is 0 Å². The molecular weight excluding hydrogens is 359 g/mol. The Bertz CT molecular complexity index is 665. The Hall–Kier alpha value is -0.950. The molecule has 0 unspecified atom stereocenters. The molecule has 2 saturated heterocycles. The van der Waals surface area contributed by atoms with E-state index in [1.165, 1.54) is 0 Å². The van der Waals surface area contributed by atoms with E-state index in [-0.39, 0.29) is 0 Å². The van der Waals surface area contributed by atoms with E-state index < -0.39 is 6.34 Å². The Morgan fingerprint density at radius 2 is 1.44 bits per heavy atom. The van der Waals surface area contributed by atoms with Crippen molar-refractivity contribution < 1.29 is 18.9 Å². The van der Waals surface area contributed by atoms with Crippen molar-refractivity contribution in [2.45, 2.75) is 0 Å². The van der Waals surface area contributed by atoms with E-state index in [0.717, 1.165) is 69.9 Å². The predicted octanol–water partition coefficient (Wildman–Crippen LogP) is 2.27. The average Bonchev–Trinajstić information content (AvgIpc) is 2.69. The fraction of sp³-hybridized carbons (Fsp3) is 0.529. The maximum Gasteiger partial charge on any atom is 0.169 e. The molecule has 1 aromatic rings. The van der Waals surface area contributed by atoms with Gasteiger partial charge in [-0.3, -0.25) is 9.34 Å². The lowest BCUT2D eigenvalue weighted by Crippen LogP contribution is -2.42. The molecule has 0 bridgehead atoms. The third-order valence-electron chi connectivity index (χ3n) is 4.56. The van der Waals surface area contributed by atoms with Gasteiger partial charge in [-0.2, -0.15) is 0 Å². The zero-order chi connectivity index (χ0) is 17.1. The molecule has 0 spiro atoms. The molecule has 8 heteroatoms. The molecule has 0 saturated carbocycles. The van der Waals surface area contributed by atoms with Crippen molar-refractivity contribution in [3.05, 3.63) is 35.8 Å². The maximum atomic E-state index is 6.26. The maximum absolute atomic E-state index is 6.26. The van der Waals surface area contributed by atoms with E-state index in [1.807, 2.05) is 24.3 Å². The summed E-state index contributed by atoms with van der Waals surface area (Å²) in [6.45, 7) is 6.76. The summed E-state index contributed by atoms with van der Waals surface area (Å²) in [6.07, 6.45) is -2.08. The quantitative estimate of drug-likeness (QED) is 0.743. The lowest BCUT2D eigenvalue weighted by molar-refractivity contribution is 0.0587. The van der Waals surface area contributed by atoms with Gasteiger partial charge in [-0.05, 0) is 12.1 Å². The van der Waals surface area contributed by atoms with Crippen LogP contribution >= 0.6 is 6.34 Å². The van der Waals surface area contributed by atoms with Crippen molar-refractivity contribution in [3.63, 3.8) is 0 Å². The highest BCUT2D eigenvalue weighted by Crippen LogP contribution is 2.56. The van der Waals surface area contributed by atoms with Gasteiger partial charge in [0.25, 0.3) is 0 Å². The molecule has 0 aliphatic carbocycles. The third kappa shape index (κ3) is 3.77. The second kappa shape index (κ2) is 7.74. The van der Waals surface area contributed by atoms with Crippen LogP contribution in [0.25, 0.3) is 0 Å². The average molecular weight is 382 g/mol. The number of para-hydroxylation sites is 2. The van der Waals surface area contributed by atoms with E-state index >= 15 is 0 Å². The summed E-state index contributed by atoms with van der Waals surface area (Å²) in [7, 11) is 0. The van der Waals surface area contributed by atoms with Gasteiger partial charge in [-0.25, -0.2) is 0 Å². The van der Waals surface area contributed by atoms with Gasteiger partial charge in [0.2, 0.25) is 0 Å². The molecule has 136 valence electrons. The second-order valence-corrected chi connectivity index (χ2v) is 10.3. The Kier molecular flexibility index (Phi) is 5.41. The van der Waals surface area contributed by atoms with Gasteiger partial charge in [-0.15, -0.1) is 0 Å². The van der Waals surface area contributed by atoms with Gasteiger partial charge in [0.05, 0.1) is 26.4 Å². The monoisotopic (exact) mass is 382 g/mol. The van der Waals surface area contributed by atoms with Gasteiger partial charge in [0.15, 0.2) is 11.5 Å². The summed E-state index contributed by atoms with van der Waals surface area (Å²) >= 11 is 6.26. The van der Waals surface area contributed by atoms with Crippen LogP contribution in [0.5, 0.6) is 11.5 Å². The molecule has 2 fully saturated rings. The molecule has 0 atom stereocenters. The number of hydrogen-bond donors (Lipinski definition) is 0. The molecule has 4 rings (SSSR count). The SMILES string of the molecule is S=P(/C=C1\COc2ccccc2O1)(N1CCOCC1)N1CCOCC1. The van der Waals surface area contributed by atoms with Crippen LogP contribution in [0, 0.1) is 0 Å². The van der Waals surface area contributed by atoms with Crippen LogP contribution in [0.4, 0.5) is 0 Å². The lowest BCUT2D eigenvalue weighted by atomic mass is 10.3. The fourth-order valence-electron chi connectivity index (χ4n) is 3.25. The van der Waals surface area contributed by atoms with E-state index in [9.17, 15) is 0 Å². The summed E-state index contributed by atoms with van der Waals surface area (Å²) in [6, 6.07) is 7.75. The first-order valence-electron chi connectivity index (χ1n) is 8.63. The second-order valence-electron chi connectivity index (χ2n) is 6.15. The van der Waals surface area contributed by atoms with E-state index in [2.05, 4.69) is 15.2 Å². The zero-order valence-corrected chi connectivity index (χ0v) is 15.8. The van der Waals surface area contributed by atoms with Gasteiger partial charge < -0.3 is 18.9 Å². The van der Waals surface area contributed by atoms with Gasteiger partial charge >= 0.3 is 0 Å². The van der Waals surface area contributed by atoms with Crippen molar-refractivity contribution in [1.82, 2.24) is 9.34 Å². The minimum Gasteiger partial charge on any atom is -0.482 e. The zero-order valence-electron chi connectivity index (χ0n) is 14.1. The number of benzene rings is 1. The van der Waals surface area contributed by atoms with Crippen LogP contribution < -0.4 is 9.47 Å². The summed E-state index contributed by atoms with van der Waals surface area (Å²) in [5.74, 6) is 4.49. The molecule has 3 aliphatic rings. The first-order valence-corrected chi connectivity index (χ1v) is 11.4. The number of fused-ring (bicyclic) bond motifs is 1. The molecule has 6 nitrogen and oxygen atoms in total. The highest BCUT2D eigenvalue weighted by Gasteiger charge is 2.34. The van der Waals surface area contributed by atoms with Crippen LogP contribution in [0.3, 0.4) is 0 Å². The van der Waals surface area contributed by atoms with Crippen molar-refractivity contribution in [1.29, 1.82) is 0 Å². The summed E-state index contributed by atoms with van der Waals surface area (Å²) < 4.78 is 27.8. The number of nitrogens with zero attached hydrogens (tertiary/aromatic N) is 2. The number of hydrogen-bond acceptors (Lipinski definition) is 5. The first-order chi connectivity index (χ1) is 12.3. The summed E-state index contributed by atoms with van der Waals surface area (Å²) in [5, 5.41) is 0. The smallest absolute Gasteiger partial charge is 0.169 e. The van der Waals surface area contributed by atoms with Gasteiger partial charge in [0.1, 0.15) is 18.7 Å². The standard InChI is InChI=1S/C17H23N2O4PS/c25-24(18-5-9-20-10-6-18,19-7-11-21-12-8-19)14-15-13-22-16-3-1-2-4-17(16)23-15/h1-4,14H,5-13H2/b15-14+. The highest BCUT2D eigenvalue weighted by molar-refractivity contribution is 8.13. The first kappa shape index (κ1) is 17.5. The lowest BCUT2D eigenvalue weighted by Gasteiger charge is -2.44. The fourth-order valence-corrected chi connectivity index (χ4v) is 7.24. The van der Waals surface area contributed by atoms with Crippen molar-refractivity contribution in [3.8, 4) is 11.5 Å². The van der Waals surface area contributed by atoms with E-state index in [0.29, 0.717) is 6.61 Å². The van der Waals surface area contributed by atoms with Crippen molar-refractivity contribution in [2.75, 3.05) is 59.2 Å². The predicted molar refractivity (Wildman–Crippen MR) is 99.7 cm³/mol. The van der Waals surface area contributed by atoms with E-state index in [1.54, 1.807) is 0 Å². The topological polar surface area (TPSA) is 43.4 Å². The molecule has 0 radical (unpaired) electrons. The molecule has 1 aromatic carbocycles. The molecular formula is C17H23N2O4PS. The molecule has 25 heavy (non-hydrogen) atoms. The van der Waals surface area contributed by atoms with Gasteiger partial charge in [-0.1, -0.05) is 23.9 Å². The molecule has 3 heterocycles. The Morgan fingerprint density at radius 3 is 2.04 bits per heavy atom. The Labute approximate surface area is 153 Å². The summed E-state index contributed by atoms with van der Waals surface area (Å²) in [4.78, 5) is 0. The van der Waals surface area contributed by atoms with Crippen molar-refractivity contribution in [2.24, 2.45) is 0 Å². The molecule has 0 amide bonds. The molecule has 0 N–H and O–H groups in total. The third-order valence-corrected chi connectivity index (χ3v) is 9.31. The minimum absolute atomic E-state index is 0.421. The molecule has 3 aliphatic heterocycles. The minimum atomic E-state index is -2.08. The van der Waals surface area contributed by atoms with Crippen LogP contribution in [-0.4, -0.2) is 68.6 Å². The number of rotatable bonds is 3. The van der Waals surface area contributed by atoms with Crippen LogP contribution in [0.1, 0.15) is 0 Å². The van der Waals surface area contributed by atoms with Crippen LogP contribution in [0.15, 0.2) is 35.8 Å². The normalized spacial score (nSPS) is 24.4. The Morgan fingerprint density at radius 1 is 0.880 bits per heavy atom. The van der Waals surface area contributed by atoms with E-state index in [4.69, 9.17) is 30.8 Å². The van der Waals surface area contributed by atoms with Gasteiger partial charge in [0, 0.05) is 32.0 Å². The van der Waals surface area contributed by atoms with Crippen molar-refractivity contribution >= 4 is 18.1 Å². The van der Waals surface area contributed by atoms with Crippen LogP contribution in [-0.2, 0) is 21.3 Å². The summed E-state index contributed by atoms with van der Waals surface area (Å²) in [5.41, 5.74) is 0. The highest BCUT2D eigenvalue weighted by atomic mass is 32.4. The largest absolute Gasteiger partial charge is 0.482 e. The molecule has 0 aromatic heterocycles. The number of morpholine rings is 2. The Balaban J connectivity index is 1.62. The number of ether oxygens (including phenoxy) is 4.